The van der Waals surface area contributed by atoms with Crippen molar-refractivity contribution in [2.24, 2.45) is 4.99 Å². The fourth-order valence-electron chi connectivity index (χ4n) is 5.20. The molecule has 1 fully saturated rings. The molecule has 7 heteroatoms. The van der Waals surface area contributed by atoms with E-state index in [1.165, 1.54) is 17.0 Å². The molecule has 6 rings (SSSR count). The van der Waals surface area contributed by atoms with Crippen LogP contribution in [0, 0.1) is 13.8 Å². The molecule has 3 aromatic rings. The van der Waals surface area contributed by atoms with Gasteiger partial charge in [0.25, 0.3) is 0 Å². The van der Waals surface area contributed by atoms with Gasteiger partial charge in [0, 0.05) is 41.1 Å². The van der Waals surface area contributed by atoms with E-state index in [1.807, 2.05) is 30.1 Å². The number of aryl methyl sites for hydroxylation is 1. The average molecular weight is 447 g/mol. The van der Waals surface area contributed by atoms with E-state index in [9.17, 15) is 0 Å². The van der Waals surface area contributed by atoms with Crippen molar-refractivity contribution in [3.05, 3.63) is 71.3 Å². The highest BCUT2D eigenvalue weighted by Gasteiger charge is 2.46. The topological polar surface area (TPSA) is 51.9 Å². The molecule has 6 nitrogen and oxygen atoms in total. The van der Waals surface area contributed by atoms with Crippen molar-refractivity contribution in [3.8, 4) is 17.2 Å². The summed E-state index contributed by atoms with van der Waals surface area (Å²) in [6.45, 7) is 6.94. The molecule has 3 aliphatic rings. The number of rotatable bonds is 4. The number of aliphatic imine (C=N–C) groups is 1. The van der Waals surface area contributed by atoms with Gasteiger partial charge in [-0.1, -0.05) is 24.8 Å². The second kappa shape index (κ2) is 7.59. The van der Waals surface area contributed by atoms with Crippen LogP contribution in [0.5, 0.6) is 11.5 Å². The van der Waals surface area contributed by atoms with E-state index >= 15 is 0 Å². The quantitative estimate of drug-likeness (QED) is 0.552. The number of amidine groups is 1. The van der Waals surface area contributed by atoms with E-state index in [0.29, 0.717) is 6.04 Å². The minimum atomic E-state index is -0.00115. The van der Waals surface area contributed by atoms with Gasteiger partial charge in [-0.3, -0.25) is 9.98 Å². The SMILES string of the molecule is CC[C@H]1CSC2=N[C@@H](c3ccccn3)[C@@H](c3cc(C)n(-c4ccc5c(c4)OCO5)c3C)N21. The number of thioether (sulfide) groups is 1. The highest BCUT2D eigenvalue weighted by Crippen LogP contribution is 2.50. The maximum atomic E-state index is 5.63. The molecule has 0 spiro atoms. The summed E-state index contributed by atoms with van der Waals surface area (Å²) in [7, 11) is 0. The van der Waals surface area contributed by atoms with Crippen LogP contribution in [-0.4, -0.2) is 38.2 Å². The summed E-state index contributed by atoms with van der Waals surface area (Å²) >= 11 is 1.88. The minimum absolute atomic E-state index is 0.00115. The molecule has 32 heavy (non-hydrogen) atoms. The molecule has 1 saturated heterocycles. The van der Waals surface area contributed by atoms with Gasteiger partial charge in [0.1, 0.15) is 6.04 Å². The first-order chi connectivity index (χ1) is 15.7. The summed E-state index contributed by atoms with van der Waals surface area (Å²) < 4.78 is 13.5. The summed E-state index contributed by atoms with van der Waals surface area (Å²) in [5.41, 5.74) is 5.87. The second-order valence-electron chi connectivity index (χ2n) is 8.54. The van der Waals surface area contributed by atoms with Crippen molar-refractivity contribution in [1.82, 2.24) is 14.5 Å². The molecule has 2 aromatic heterocycles. The Kier molecular flexibility index (Phi) is 4.68. The summed E-state index contributed by atoms with van der Waals surface area (Å²) in [4.78, 5) is 12.4. The maximum Gasteiger partial charge on any atom is 0.231 e. The Balaban J connectivity index is 1.47. The van der Waals surface area contributed by atoms with Gasteiger partial charge in [0.2, 0.25) is 6.79 Å². The number of aromatic nitrogens is 2. The number of hydrogen-bond donors (Lipinski definition) is 0. The predicted molar refractivity (Wildman–Crippen MR) is 127 cm³/mol. The number of hydrogen-bond acceptors (Lipinski definition) is 6. The molecule has 164 valence electrons. The number of pyridine rings is 1. The van der Waals surface area contributed by atoms with Crippen LogP contribution in [0.15, 0.2) is 53.7 Å². The molecule has 3 atom stereocenters. The van der Waals surface area contributed by atoms with E-state index in [2.05, 4.69) is 60.6 Å². The normalized spacial score (nSPS) is 23.5. The zero-order valence-corrected chi connectivity index (χ0v) is 19.3. The molecule has 0 N–H and O–H groups in total. The molecule has 0 unspecified atom stereocenters. The lowest BCUT2D eigenvalue weighted by molar-refractivity contribution is 0.174. The van der Waals surface area contributed by atoms with Crippen molar-refractivity contribution < 1.29 is 9.47 Å². The molecule has 0 saturated carbocycles. The van der Waals surface area contributed by atoms with Gasteiger partial charge in [0.15, 0.2) is 16.7 Å². The molecular formula is C25H26N4O2S. The molecule has 1 aromatic carbocycles. The molecule has 3 aliphatic heterocycles. The van der Waals surface area contributed by atoms with E-state index in [4.69, 9.17) is 19.5 Å². The lowest BCUT2D eigenvalue weighted by Crippen LogP contribution is -2.35. The number of ether oxygens (including phenoxy) is 2. The van der Waals surface area contributed by atoms with Crippen molar-refractivity contribution in [2.45, 2.75) is 45.3 Å². The lowest BCUT2D eigenvalue weighted by Gasteiger charge is -2.32. The minimum Gasteiger partial charge on any atom is -0.454 e. The second-order valence-corrected chi connectivity index (χ2v) is 9.52. The number of benzene rings is 1. The Morgan fingerprint density at radius 3 is 2.78 bits per heavy atom. The molecular weight excluding hydrogens is 420 g/mol. The first-order valence-electron chi connectivity index (χ1n) is 11.1. The lowest BCUT2D eigenvalue weighted by atomic mass is 9.95. The highest BCUT2D eigenvalue weighted by molar-refractivity contribution is 8.14. The smallest absolute Gasteiger partial charge is 0.231 e. The Labute approximate surface area is 192 Å². The first kappa shape index (κ1) is 19.7. The summed E-state index contributed by atoms with van der Waals surface area (Å²) in [6.07, 6.45) is 2.98. The zero-order valence-electron chi connectivity index (χ0n) is 18.5. The molecule has 0 amide bonds. The Morgan fingerprint density at radius 2 is 1.97 bits per heavy atom. The van der Waals surface area contributed by atoms with Crippen LogP contribution in [0.1, 0.15) is 48.1 Å². The molecule has 0 radical (unpaired) electrons. The third-order valence-electron chi connectivity index (χ3n) is 6.73. The van der Waals surface area contributed by atoms with Gasteiger partial charge in [-0.05, 0) is 56.2 Å². The van der Waals surface area contributed by atoms with Gasteiger partial charge in [-0.15, -0.1) is 0 Å². The number of nitrogens with zero attached hydrogens (tertiary/aromatic N) is 4. The largest absolute Gasteiger partial charge is 0.454 e. The van der Waals surface area contributed by atoms with Crippen LogP contribution in [0.2, 0.25) is 0 Å². The Morgan fingerprint density at radius 1 is 1.09 bits per heavy atom. The number of fused-ring (bicyclic) bond motifs is 2. The van der Waals surface area contributed by atoms with Crippen molar-refractivity contribution in [2.75, 3.05) is 12.5 Å². The average Bonchev–Trinajstić information content (AvgIpc) is 3.57. The van der Waals surface area contributed by atoms with Crippen molar-refractivity contribution >= 4 is 16.9 Å². The zero-order chi connectivity index (χ0) is 21.8. The summed E-state index contributed by atoms with van der Waals surface area (Å²) in [6, 6.07) is 15.3. The fraction of sp³-hybridized carbons (Fsp3) is 0.360. The van der Waals surface area contributed by atoms with E-state index in [1.54, 1.807) is 0 Å². The fourth-order valence-corrected chi connectivity index (χ4v) is 6.53. The van der Waals surface area contributed by atoms with E-state index < -0.39 is 0 Å². The van der Waals surface area contributed by atoms with Crippen LogP contribution < -0.4 is 9.47 Å². The first-order valence-corrected chi connectivity index (χ1v) is 12.1. The van der Waals surface area contributed by atoms with Crippen LogP contribution in [0.25, 0.3) is 5.69 Å². The molecule has 0 bridgehead atoms. The Bertz CT molecular complexity index is 1210. The van der Waals surface area contributed by atoms with Gasteiger partial charge in [-0.2, -0.15) is 0 Å². The predicted octanol–water partition coefficient (Wildman–Crippen LogP) is 5.20. The van der Waals surface area contributed by atoms with Crippen LogP contribution in [0.3, 0.4) is 0 Å². The molecule has 5 heterocycles. The Hall–Kier alpha value is -2.93. The van der Waals surface area contributed by atoms with E-state index in [-0.39, 0.29) is 18.9 Å². The monoisotopic (exact) mass is 446 g/mol. The third kappa shape index (κ3) is 2.94. The standard InChI is InChI=1S/C25H26N4O2S/c1-4-17-13-32-25-27-23(20-7-5-6-10-26-20)24(29(17)25)19-11-15(2)28(16(19)3)18-8-9-21-22(12-18)31-14-30-21/h5-12,17,23-24H,4,13-14H2,1-3H3/t17-,23-,24+/m0/s1. The third-order valence-corrected chi connectivity index (χ3v) is 7.86. The summed E-state index contributed by atoms with van der Waals surface area (Å²) in [5.74, 6) is 2.71. The van der Waals surface area contributed by atoms with Gasteiger partial charge in [0.05, 0.1) is 11.7 Å². The van der Waals surface area contributed by atoms with Crippen LogP contribution >= 0.6 is 11.8 Å². The molecule has 0 aliphatic carbocycles. The van der Waals surface area contributed by atoms with Crippen LogP contribution in [0.4, 0.5) is 0 Å². The highest BCUT2D eigenvalue weighted by atomic mass is 32.2. The van der Waals surface area contributed by atoms with Crippen molar-refractivity contribution in [1.29, 1.82) is 0 Å². The van der Waals surface area contributed by atoms with Crippen LogP contribution in [-0.2, 0) is 0 Å². The van der Waals surface area contributed by atoms with Gasteiger partial charge >= 0.3 is 0 Å². The van der Waals surface area contributed by atoms with Gasteiger partial charge < -0.3 is 18.9 Å². The van der Waals surface area contributed by atoms with E-state index in [0.717, 1.165) is 40.2 Å². The summed E-state index contributed by atoms with van der Waals surface area (Å²) in [5, 5.41) is 1.16. The maximum absolute atomic E-state index is 5.63. The van der Waals surface area contributed by atoms with Gasteiger partial charge in [-0.25, -0.2) is 0 Å². The van der Waals surface area contributed by atoms with Crippen molar-refractivity contribution in [3.63, 3.8) is 0 Å².